The summed E-state index contributed by atoms with van der Waals surface area (Å²) in [4.78, 5) is 0. The minimum atomic E-state index is -1.00. The van der Waals surface area contributed by atoms with E-state index >= 15 is 4.39 Å². The maximum absolute atomic E-state index is 15.0. The van der Waals surface area contributed by atoms with Crippen LogP contribution in [0, 0.1) is 32.7 Å². The van der Waals surface area contributed by atoms with Crippen LogP contribution in [0.15, 0.2) is 376 Å². The van der Waals surface area contributed by atoms with Crippen LogP contribution in [0.5, 0.6) is 0 Å². The zero-order valence-electron chi connectivity index (χ0n) is 63.2. The number of para-hydroxylation sites is 7. The Labute approximate surface area is 701 Å². The zero-order chi connectivity index (χ0) is 75.9. The summed E-state index contributed by atoms with van der Waals surface area (Å²) in [5, 5.41) is 7.19. The van der Waals surface area contributed by atoms with Gasteiger partial charge in [-0.15, -0.1) is 0 Å². The van der Waals surface area contributed by atoms with Crippen LogP contribution < -0.4 is 29.6 Å². The number of aromatic nitrogens is 4. The first-order chi connectivity index (χ1) is 54.6. The molecule has 0 spiro atoms. The fourth-order valence-electron chi connectivity index (χ4n) is 15.6. The largest absolute Gasteiger partial charge is 1.00 e. The van der Waals surface area contributed by atoms with Crippen molar-refractivity contribution in [2.24, 2.45) is 0 Å². The summed E-state index contributed by atoms with van der Waals surface area (Å²) < 4.78 is 96.1. The summed E-state index contributed by atoms with van der Waals surface area (Å²) in [6.45, 7) is 0. The third-order valence-corrected chi connectivity index (χ3v) is 20.9. The van der Waals surface area contributed by atoms with Crippen LogP contribution in [0.3, 0.4) is 0 Å². The third-order valence-electron chi connectivity index (χ3n) is 20.2. The van der Waals surface area contributed by atoms with E-state index in [0.717, 1.165) is 135 Å². The summed E-state index contributed by atoms with van der Waals surface area (Å²) >= 11 is 2.28. The zero-order valence-corrected chi connectivity index (χ0v) is 65.3. The fraction of sp³-hybridized carbons (Fsp3) is 0.0495. The molecule has 568 valence electrons. The Morgan fingerprint density at radius 1 is 0.270 bits per heavy atom. The van der Waals surface area contributed by atoms with Gasteiger partial charge in [-0.2, -0.15) is 0 Å². The Morgan fingerprint density at radius 2 is 0.513 bits per heavy atom. The van der Waals surface area contributed by atoms with Crippen LogP contribution in [0.4, 0.5) is 35.8 Å². The van der Waals surface area contributed by atoms with Gasteiger partial charge in [-0.3, -0.25) is 13.8 Å². The van der Waals surface area contributed by atoms with Gasteiger partial charge in [-0.25, -0.2) is 22.0 Å². The Kier molecular flexibility index (Phi) is 27.0. The van der Waals surface area contributed by atoms with E-state index in [1.54, 1.807) is 36.4 Å². The van der Waals surface area contributed by atoms with E-state index in [1.807, 2.05) is 218 Å². The van der Waals surface area contributed by atoms with Gasteiger partial charge in [0.15, 0.2) is 0 Å². The SMILES string of the molecule is C.C.F.F.Fc1cccc2c1-c1ccccc1C2.Fc1cccc2c1-c1ccccc1C2.Fc1cccc2c1c1ccccc1n2-c1cccc2c1c1ccccc1n2-c1ccccc1.Fc1cccc2c1c1ccccc1n2-c1ccccc1.Fc1cccc2c1c1ccccc1n2-c1ccccc1.Ic1ccccc1.[2H]CF.[H-].[Na+]. The van der Waals surface area contributed by atoms with E-state index in [9.17, 15) is 22.0 Å². The van der Waals surface area contributed by atoms with E-state index in [2.05, 4.69) is 138 Å². The Bertz CT molecular complexity index is 6510. The molecule has 0 atom stereocenters. The first kappa shape index (κ1) is 82.4. The summed E-state index contributed by atoms with van der Waals surface area (Å²) in [6, 6.07) is 122. The van der Waals surface area contributed by atoms with Crippen molar-refractivity contribution in [2.75, 3.05) is 7.15 Å². The molecular weight excluding hydrogens is 1570 g/mol. The summed E-state index contributed by atoms with van der Waals surface area (Å²) in [5.41, 5.74) is 20.6. The van der Waals surface area contributed by atoms with Gasteiger partial charge in [0.2, 0.25) is 0 Å². The van der Waals surface area contributed by atoms with Crippen molar-refractivity contribution in [3.05, 3.63) is 431 Å². The van der Waals surface area contributed by atoms with Crippen LogP contribution in [0.2, 0.25) is 0 Å². The smallest absolute Gasteiger partial charge is 1.00 e. The molecule has 4 aromatic heterocycles. The molecule has 20 aromatic rings. The number of benzene rings is 16. The van der Waals surface area contributed by atoms with Crippen LogP contribution in [0.25, 0.3) is 132 Å². The molecule has 2 aliphatic carbocycles. The minimum absolute atomic E-state index is 0. The van der Waals surface area contributed by atoms with Crippen LogP contribution in [-0.4, -0.2) is 25.4 Å². The first-order valence-electron chi connectivity index (χ1n) is 36.8. The Hall–Kier alpha value is -12.1. The second kappa shape index (κ2) is 37.7. The maximum Gasteiger partial charge on any atom is 1.00 e. The number of alkyl halides is 1. The average Bonchev–Trinajstić information content (AvgIpc) is 1.60. The number of fused-ring (bicyclic) bond motifs is 18. The molecule has 0 radical (unpaired) electrons. The normalized spacial score (nSPS) is 11.0. The van der Waals surface area contributed by atoms with Gasteiger partial charge >= 0.3 is 29.6 Å². The summed E-state index contributed by atoms with van der Waals surface area (Å²) in [5.74, 6) is -0.747. The van der Waals surface area contributed by atoms with Crippen molar-refractivity contribution >= 4 is 110 Å². The van der Waals surface area contributed by atoms with Crippen molar-refractivity contribution in [3.63, 3.8) is 0 Å². The van der Waals surface area contributed by atoms with Gasteiger partial charge in [0.25, 0.3) is 0 Å². The molecule has 4 nitrogen and oxygen atoms in total. The number of rotatable bonds is 4. The molecule has 0 amide bonds. The minimum Gasteiger partial charge on any atom is -1.00 e. The molecule has 0 unspecified atom stereocenters. The quantitative estimate of drug-likeness (QED) is 0.0951. The van der Waals surface area contributed by atoms with Gasteiger partial charge in [0, 0.05) is 74.8 Å². The standard InChI is InChI=1S/C30H19FN2.2C18H12FN.2C13H9F.C6H5I.CH3F.2CH4.2FH.Na.H/c31-23-14-8-17-26-29(23)21-12-4-7-16-25(21)33(26)28-19-9-18-27-30(28)22-13-5-6-15-24(22)32(27)20-10-2-1-3-11-20;2*19-15-10-6-12-17-18(15)14-9-4-5-11-16(14)20(17)13-7-2-1-3-8-13;2*14-12-7-3-5-10-8-9-4-1-2-6-11(9)13(10)12;7-6-4-2-1-3-5-6;1-2;;;;;;/h1-19H;2*1-12H;2*1-7H,8H2;1-5H;1H3;2*1H4;2*1H;;/q;;;;;;;;;;;+1;-1/i;;;;;;1D;;;;;;. The molecule has 115 heavy (non-hydrogen) atoms. The molecular formula is C101H80F8IN4Na. The monoisotopic (exact) mass is 1650 g/mol. The van der Waals surface area contributed by atoms with Crippen LogP contribution >= 0.6 is 22.6 Å². The van der Waals surface area contributed by atoms with E-state index in [4.69, 9.17) is 1.37 Å². The van der Waals surface area contributed by atoms with Crippen molar-refractivity contribution in [2.45, 2.75) is 27.7 Å². The molecule has 0 saturated carbocycles. The fourth-order valence-corrected chi connectivity index (χ4v) is 16.1. The van der Waals surface area contributed by atoms with E-state index < -0.39 is 7.15 Å². The Balaban J connectivity index is 0.000000152. The second-order valence-electron chi connectivity index (χ2n) is 26.5. The van der Waals surface area contributed by atoms with E-state index in [0.29, 0.717) is 16.2 Å². The topological polar surface area (TPSA) is 19.7 Å². The van der Waals surface area contributed by atoms with Crippen molar-refractivity contribution < 1.29 is 68.1 Å². The summed E-state index contributed by atoms with van der Waals surface area (Å²) in [6.07, 6.45) is 1.73. The van der Waals surface area contributed by atoms with Gasteiger partial charge in [-0.1, -0.05) is 258 Å². The Morgan fingerprint density at radius 3 is 0.861 bits per heavy atom. The van der Waals surface area contributed by atoms with E-state index in [1.165, 1.54) is 44.3 Å². The van der Waals surface area contributed by atoms with Gasteiger partial charge in [0.1, 0.15) is 29.1 Å². The number of nitrogens with zero attached hydrogens (tertiary/aromatic N) is 4. The van der Waals surface area contributed by atoms with Crippen LogP contribution in [-0.2, 0) is 12.8 Å². The van der Waals surface area contributed by atoms with Gasteiger partial charge in [0.05, 0.1) is 58.3 Å². The molecule has 0 saturated heterocycles. The van der Waals surface area contributed by atoms with Gasteiger partial charge < -0.3 is 19.7 Å². The maximum atomic E-state index is 15.0. The second-order valence-corrected chi connectivity index (χ2v) is 27.7. The van der Waals surface area contributed by atoms with Crippen molar-refractivity contribution in [3.8, 4) is 45.0 Å². The predicted molar refractivity (Wildman–Crippen MR) is 472 cm³/mol. The van der Waals surface area contributed by atoms with Gasteiger partial charge in [-0.05, 0) is 202 Å². The average molecular weight is 1650 g/mol. The number of hydrogen-bond acceptors (Lipinski definition) is 0. The van der Waals surface area contributed by atoms with Crippen molar-refractivity contribution in [1.29, 1.82) is 0 Å². The molecule has 2 aliphatic rings. The third kappa shape index (κ3) is 16.3. The molecule has 4 heterocycles. The molecule has 16 aromatic carbocycles. The molecule has 14 heteroatoms. The van der Waals surface area contributed by atoms with Crippen molar-refractivity contribution in [1.82, 2.24) is 18.3 Å². The molecule has 0 fully saturated rings. The molecule has 0 aliphatic heterocycles. The predicted octanol–water partition coefficient (Wildman–Crippen LogP) is 26.2. The van der Waals surface area contributed by atoms with E-state index in [-0.39, 0.29) is 84.3 Å². The molecule has 0 N–H and O–H groups in total. The molecule has 22 rings (SSSR count). The number of hydrogen-bond donors (Lipinski definition) is 0. The number of halogens is 9. The summed E-state index contributed by atoms with van der Waals surface area (Å²) in [7, 11) is -1.00. The van der Waals surface area contributed by atoms with Crippen LogP contribution in [0.1, 0.15) is 39.9 Å². The first-order valence-corrected chi connectivity index (χ1v) is 37.1. The molecule has 0 bridgehead atoms.